The Kier molecular flexibility index (Phi) is 7.97. The van der Waals surface area contributed by atoms with E-state index in [4.69, 9.17) is 14.7 Å². The summed E-state index contributed by atoms with van der Waals surface area (Å²) in [7, 11) is 1.54. The maximum atomic E-state index is 11.8. The van der Waals surface area contributed by atoms with Crippen molar-refractivity contribution in [2.45, 2.75) is 0 Å². The van der Waals surface area contributed by atoms with Gasteiger partial charge in [-0.05, 0) is 39.7 Å². The Balaban J connectivity index is 2.85. The molecule has 1 N–H and O–H groups in total. The Labute approximate surface area is 138 Å². The van der Waals surface area contributed by atoms with Crippen molar-refractivity contribution in [1.29, 1.82) is 5.26 Å². The molecule has 0 aromatic heterocycles. The van der Waals surface area contributed by atoms with Crippen LogP contribution in [0.15, 0.2) is 40.9 Å². The van der Waals surface area contributed by atoms with Crippen LogP contribution in [0.2, 0.25) is 0 Å². The fourth-order valence-electron chi connectivity index (χ4n) is 1.55. The number of halogens is 1. The largest absolute Gasteiger partial charge is 0.488 e. The first-order valence-electron chi connectivity index (χ1n) is 6.54. The van der Waals surface area contributed by atoms with Crippen molar-refractivity contribution in [2.24, 2.45) is 0 Å². The van der Waals surface area contributed by atoms with E-state index < -0.39 is 5.91 Å². The summed E-state index contributed by atoms with van der Waals surface area (Å²) < 4.78 is 11.0. The van der Waals surface area contributed by atoms with E-state index in [-0.39, 0.29) is 5.57 Å². The van der Waals surface area contributed by atoms with Crippen molar-refractivity contribution < 1.29 is 14.3 Å². The first kappa shape index (κ1) is 18.0. The Morgan fingerprint density at radius 1 is 1.55 bits per heavy atom. The molecule has 0 saturated heterocycles. The highest BCUT2D eigenvalue weighted by Gasteiger charge is 2.09. The molecule has 0 aliphatic heterocycles. The molecule has 0 saturated carbocycles. The Hall–Kier alpha value is -2.10. The third kappa shape index (κ3) is 5.72. The topological polar surface area (TPSA) is 71.3 Å². The lowest BCUT2D eigenvalue weighted by Crippen LogP contribution is -2.27. The summed E-state index contributed by atoms with van der Waals surface area (Å²) in [5.74, 6) is 0.239. The van der Waals surface area contributed by atoms with Crippen LogP contribution in [-0.2, 0) is 9.53 Å². The summed E-state index contributed by atoms with van der Waals surface area (Å²) in [6.07, 6.45) is 3.17. The molecule has 116 valence electrons. The third-order valence-electron chi connectivity index (χ3n) is 2.58. The van der Waals surface area contributed by atoms with Crippen molar-refractivity contribution in [3.8, 4) is 11.8 Å². The van der Waals surface area contributed by atoms with Crippen molar-refractivity contribution in [2.75, 3.05) is 26.9 Å². The zero-order chi connectivity index (χ0) is 16.4. The monoisotopic (exact) mass is 364 g/mol. The van der Waals surface area contributed by atoms with E-state index in [0.717, 1.165) is 10.0 Å². The van der Waals surface area contributed by atoms with E-state index >= 15 is 0 Å². The van der Waals surface area contributed by atoms with Gasteiger partial charge in [-0.25, -0.2) is 0 Å². The van der Waals surface area contributed by atoms with E-state index in [9.17, 15) is 4.79 Å². The van der Waals surface area contributed by atoms with Crippen LogP contribution >= 0.6 is 15.9 Å². The minimum atomic E-state index is -0.428. The summed E-state index contributed by atoms with van der Waals surface area (Å²) in [5, 5.41) is 11.7. The zero-order valence-corrected chi connectivity index (χ0v) is 13.9. The lowest BCUT2D eigenvalue weighted by atomic mass is 10.1. The maximum Gasteiger partial charge on any atom is 0.262 e. The first-order chi connectivity index (χ1) is 10.6. The molecule has 0 atom stereocenters. The van der Waals surface area contributed by atoms with Gasteiger partial charge in [-0.1, -0.05) is 18.7 Å². The fourth-order valence-corrected chi connectivity index (χ4v) is 2.06. The van der Waals surface area contributed by atoms with Gasteiger partial charge in [0, 0.05) is 13.7 Å². The van der Waals surface area contributed by atoms with E-state index in [1.165, 1.54) is 6.08 Å². The number of amides is 1. The second-order valence-electron chi connectivity index (χ2n) is 4.21. The maximum absolute atomic E-state index is 11.8. The van der Waals surface area contributed by atoms with Gasteiger partial charge in [0.05, 0.1) is 11.1 Å². The second-order valence-corrected chi connectivity index (χ2v) is 5.06. The number of rotatable bonds is 8. The number of carbonyl (C=O) groups excluding carboxylic acids is 1. The molecule has 0 spiro atoms. The molecule has 0 aliphatic carbocycles. The van der Waals surface area contributed by atoms with Gasteiger partial charge in [0.15, 0.2) is 0 Å². The molecule has 6 heteroatoms. The molecule has 1 aromatic carbocycles. The molecule has 0 bridgehead atoms. The number of nitrogens with one attached hydrogen (secondary N) is 1. The zero-order valence-electron chi connectivity index (χ0n) is 12.3. The second kappa shape index (κ2) is 9.77. The van der Waals surface area contributed by atoms with Gasteiger partial charge in [0.2, 0.25) is 0 Å². The van der Waals surface area contributed by atoms with Crippen LogP contribution in [0.3, 0.4) is 0 Å². The Morgan fingerprint density at radius 2 is 2.32 bits per heavy atom. The number of benzene rings is 1. The van der Waals surface area contributed by atoms with E-state index in [1.54, 1.807) is 31.4 Å². The van der Waals surface area contributed by atoms with Gasteiger partial charge < -0.3 is 14.8 Å². The highest BCUT2D eigenvalue weighted by atomic mass is 79.9. The van der Waals surface area contributed by atoms with E-state index in [2.05, 4.69) is 27.8 Å². The third-order valence-corrected chi connectivity index (χ3v) is 3.20. The predicted molar refractivity (Wildman–Crippen MR) is 88.3 cm³/mol. The summed E-state index contributed by atoms with van der Waals surface area (Å²) in [6, 6.07) is 7.20. The molecule has 1 aromatic rings. The van der Waals surface area contributed by atoms with Crippen LogP contribution in [0, 0.1) is 11.3 Å². The number of ether oxygens (including phenoxy) is 2. The summed E-state index contributed by atoms with van der Waals surface area (Å²) >= 11 is 3.39. The smallest absolute Gasteiger partial charge is 0.262 e. The van der Waals surface area contributed by atoms with Gasteiger partial charge in [-0.3, -0.25) is 4.79 Å². The number of nitriles is 1. The van der Waals surface area contributed by atoms with Gasteiger partial charge in [-0.15, -0.1) is 0 Å². The van der Waals surface area contributed by atoms with Gasteiger partial charge in [-0.2, -0.15) is 5.26 Å². The predicted octanol–water partition coefficient (Wildman–Crippen LogP) is 2.68. The molecule has 0 heterocycles. The molecule has 0 aliphatic rings. The molecular weight excluding hydrogens is 348 g/mol. The first-order valence-corrected chi connectivity index (χ1v) is 7.33. The van der Waals surface area contributed by atoms with Crippen LogP contribution in [0.4, 0.5) is 0 Å². The van der Waals surface area contributed by atoms with Crippen molar-refractivity contribution in [3.05, 3.63) is 46.5 Å². The lowest BCUT2D eigenvalue weighted by Gasteiger charge is -2.07. The van der Waals surface area contributed by atoms with Crippen LogP contribution in [-0.4, -0.2) is 32.8 Å². The van der Waals surface area contributed by atoms with Gasteiger partial charge in [0.25, 0.3) is 5.91 Å². The number of nitrogens with zero attached hydrogens (tertiary/aromatic N) is 1. The average Bonchev–Trinajstić information content (AvgIpc) is 2.51. The minimum absolute atomic E-state index is 0.0303. The van der Waals surface area contributed by atoms with Crippen LogP contribution in [0.5, 0.6) is 5.75 Å². The average molecular weight is 365 g/mol. The fraction of sp³-hybridized carbons (Fsp3) is 0.250. The highest BCUT2D eigenvalue weighted by molar-refractivity contribution is 9.10. The number of carbonyl (C=O) groups is 1. The summed E-state index contributed by atoms with van der Waals surface area (Å²) in [5.41, 5.74) is 0.749. The SMILES string of the molecule is C=CCOc1ccc(/C=C(\C#N)C(=O)NCCOC)cc1Br. The number of methoxy groups -OCH3 is 1. The van der Waals surface area contributed by atoms with Crippen LogP contribution in [0.1, 0.15) is 5.56 Å². The quantitative estimate of drug-likeness (QED) is 0.333. The van der Waals surface area contributed by atoms with E-state index in [0.29, 0.717) is 25.5 Å². The standard InChI is InChI=1S/C16H17BrN2O3/c1-3-7-22-15-5-4-12(10-14(15)17)9-13(11-18)16(20)19-6-8-21-2/h3-5,9-10H,1,6-8H2,2H3,(H,19,20)/b13-9+. The van der Waals surface area contributed by atoms with Crippen molar-refractivity contribution >= 4 is 27.9 Å². The number of hydrogen-bond donors (Lipinski definition) is 1. The van der Waals surface area contributed by atoms with Crippen molar-refractivity contribution in [1.82, 2.24) is 5.32 Å². The number of hydrogen-bond acceptors (Lipinski definition) is 4. The summed E-state index contributed by atoms with van der Waals surface area (Å²) in [6.45, 7) is 4.73. The Bertz CT molecular complexity index is 606. The highest BCUT2D eigenvalue weighted by Crippen LogP contribution is 2.27. The molecule has 5 nitrogen and oxygen atoms in total. The molecule has 0 radical (unpaired) electrons. The molecule has 0 fully saturated rings. The Morgan fingerprint density at radius 3 is 2.91 bits per heavy atom. The lowest BCUT2D eigenvalue weighted by molar-refractivity contribution is -0.117. The molecular formula is C16H17BrN2O3. The van der Waals surface area contributed by atoms with Crippen LogP contribution < -0.4 is 10.1 Å². The van der Waals surface area contributed by atoms with Gasteiger partial charge >= 0.3 is 0 Å². The summed E-state index contributed by atoms with van der Waals surface area (Å²) in [4.78, 5) is 11.8. The molecule has 1 amide bonds. The van der Waals surface area contributed by atoms with Crippen LogP contribution in [0.25, 0.3) is 6.08 Å². The van der Waals surface area contributed by atoms with Gasteiger partial charge in [0.1, 0.15) is 24.0 Å². The molecule has 22 heavy (non-hydrogen) atoms. The van der Waals surface area contributed by atoms with Crippen molar-refractivity contribution in [3.63, 3.8) is 0 Å². The molecule has 0 unspecified atom stereocenters. The van der Waals surface area contributed by atoms with E-state index in [1.807, 2.05) is 6.07 Å². The minimum Gasteiger partial charge on any atom is -0.488 e. The normalized spacial score (nSPS) is 10.7. The molecule has 1 rings (SSSR count).